The summed E-state index contributed by atoms with van der Waals surface area (Å²) in [5.74, 6) is 0. The highest BCUT2D eigenvalue weighted by molar-refractivity contribution is 7.80. The maximum Gasteiger partial charge on any atom is 0.322 e. The second-order valence-corrected chi connectivity index (χ2v) is 6.04. The van der Waals surface area contributed by atoms with Crippen molar-refractivity contribution in [1.82, 2.24) is 4.90 Å². The molecule has 0 saturated carbocycles. The lowest BCUT2D eigenvalue weighted by Crippen LogP contribution is -2.51. The van der Waals surface area contributed by atoms with Gasteiger partial charge >= 0.3 is 6.03 Å². The zero-order valence-corrected chi connectivity index (χ0v) is 13.1. The van der Waals surface area contributed by atoms with E-state index < -0.39 is 0 Å². The van der Waals surface area contributed by atoms with Crippen LogP contribution in [0.25, 0.3) is 0 Å². The number of halogens is 2. The minimum Gasteiger partial charge on any atom is -0.392 e. The van der Waals surface area contributed by atoms with Crippen molar-refractivity contribution in [2.24, 2.45) is 5.73 Å². The summed E-state index contributed by atoms with van der Waals surface area (Å²) in [6.07, 6.45) is 2.77. The summed E-state index contributed by atoms with van der Waals surface area (Å²) >= 11 is 16.8. The molecular formula is C13H15Cl2N3OS. The summed E-state index contributed by atoms with van der Waals surface area (Å²) in [5.41, 5.74) is 6.26. The molecule has 7 heteroatoms. The van der Waals surface area contributed by atoms with Gasteiger partial charge in [0, 0.05) is 22.3 Å². The van der Waals surface area contributed by atoms with E-state index in [2.05, 4.69) is 5.32 Å². The molecule has 0 radical (unpaired) electrons. The Kier molecular flexibility index (Phi) is 5.07. The molecule has 3 N–H and O–H groups in total. The molecule has 0 aromatic heterocycles. The third kappa shape index (κ3) is 3.75. The second-order valence-electron chi connectivity index (χ2n) is 4.70. The van der Waals surface area contributed by atoms with Gasteiger partial charge in [-0.15, -0.1) is 0 Å². The van der Waals surface area contributed by atoms with Crippen molar-refractivity contribution in [3.05, 3.63) is 28.2 Å². The lowest BCUT2D eigenvalue weighted by Gasteiger charge is -2.34. The Hall–Kier alpha value is -1.04. The van der Waals surface area contributed by atoms with Gasteiger partial charge in [0.05, 0.1) is 11.0 Å². The Morgan fingerprint density at radius 3 is 2.55 bits per heavy atom. The number of carbonyl (C=O) groups excluding carboxylic acids is 1. The number of anilines is 1. The third-order valence-electron chi connectivity index (χ3n) is 3.21. The number of benzene rings is 1. The van der Waals surface area contributed by atoms with Crippen LogP contribution in [0.2, 0.25) is 10.0 Å². The van der Waals surface area contributed by atoms with Crippen molar-refractivity contribution < 1.29 is 4.79 Å². The van der Waals surface area contributed by atoms with Gasteiger partial charge in [-0.3, -0.25) is 0 Å². The number of nitrogens with one attached hydrogen (secondary N) is 1. The van der Waals surface area contributed by atoms with Crippen LogP contribution >= 0.6 is 35.4 Å². The molecule has 108 valence electrons. The Balaban J connectivity index is 2.11. The molecule has 2 rings (SSSR count). The van der Waals surface area contributed by atoms with Crippen molar-refractivity contribution in [1.29, 1.82) is 0 Å². The third-order valence-corrected chi connectivity index (χ3v) is 3.91. The number of hydrogen-bond acceptors (Lipinski definition) is 2. The Bertz CT molecular complexity index is 518. The molecule has 1 aliphatic heterocycles. The first-order chi connectivity index (χ1) is 9.47. The molecule has 0 aliphatic carbocycles. The molecule has 1 aliphatic rings. The fourth-order valence-corrected chi connectivity index (χ4v) is 3.06. The number of thiocarbonyl (C=S) groups is 1. The SMILES string of the molecule is NC(=S)C1CCCCN1C(=O)Nc1cc(Cl)cc(Cl)c1. The zero-order valence-electron chi connectivity index (χ0n) is 10.7. The van der Waals surface area contributed by atoms with Gasteiger partial charge in [-0.05, 0) is 37.5 Å². The van der Waals surface area contributed by atoms with Crippen LogP contribution in [-0.4, -0.2) is 28.5 Å². The number of nitrogens with two attached hydrogens (primary N) is 1. The molecule has 0 bridgehead atoms. The predicted molar refractivity (Wildman–Crippen MR) is 86.6 cm³/mol. The first kappa shape index (κ1) is 15.4. The largest absolute Gasteiger partial charge is 0.392 e. The van der Waals surface area contributed by atoms with Gasteiger partial charge in [-0.25, -0.2) is 4.79 Å². The second kappa shape index (κ2) is 6.61. The van der Waals surface area contributed by atoms with Crippen LogP contribution in [-0.2, 0) is 0 Å². The Morgan fingerprint density at radius 1 is 1.30 bits per heavy atom. The molecule has 4 nitrogen and oxygen atoms in total. The molecule has 1 fully saturated rings. The highest BCUT2D eigenvalue weighted by atomic mass is 35.5. The summed E-state index contributed by atoms with van der Waals surface area (Å²) in [6.45, 7) is 0.641. The van der Waals surface area contributed by atoms with Crippen molar-refractivity contribution in [2.45, 2.75) is 25.3 Å². The molecule has 2 amide bonds. The number of hydrogen-bond donors (Lipinski definition) is 2. The number of amides is 2. The first-order valence-electron chi connectivity index (χ1n) is 6.30. The molecule has 20 heavy (non-hydrogen) atoms. The van der Waals surface area contributed by atoms with Gasteiger partial charge in [0.1, 0.15) is 0 Å². The first-order valence-corrected chi connectivity index (χ1v) is 7.47. The van der Waals surface area contributed by atoms with E-state index in [1.165, 1.54) is 0 Å². The minimum absolute atomic E-state index is 0.187. The maximum atomic E-state index is 12.3. The summed E-state index contributed by atoms with van der Waals surface area (Å²) in [6, 6.07) is 4.47. The van der Waals surface area contributed by atoms with Crippen molar-refractivity contribution >= 4 is 52.1 Å². The lowest BCUT2D eigenvalue weighted by atomic mass is 10.0. The molecule has 1 unspecified atom stereocenters. The van der Waals surface area contributed by atoms with E-state index in [0.717, 1.165) is 19.3 Å². The molecule has 1 saturated heterocycles. The summed E-state index contributed by atoms with van der Waals surface area (Å²) in [5, 5.41) is 3.72. The van der Waals surface area contributed by atoms with E-state index >= 15 is 0 Å². The molecule has 1 atom stereocenters. The molecular weight excluding hydrogens is 317 g/mol. The normalized spacial score (nSPS) is 18.7. The standard InChI is InChI=1S/C13H15Cl2N3OS/c14-8-5-9(15)7-10(6-8)17-13(19)18-4-2-1-3-11(18)12(16)20/h5-7,11H,1-4H2,(H2,16,20)(H,17,19). The van der Waals surface area contributed by atoms with Crippen LogP contribution in [0.15, 0.2) is 18.2 Å². The number of carbonyl (C=O) groups is 1. The van der Waals surface area contributed by atoms with E-state index in [1.54, 1.807) is 23.1 Å². The summed E-state index contributed by atoms with van der Waals surface area (Å²) in [4.78, 5) is 14.3. The Labute approximate surface area is 133 Å². The van der Waals surface area contributed by atoms with Crippen molar-refractivity contribution in [3.63, 3.8) is 0 Å². The van der Waals surface area contributed by atoms with E-state index in [1.807, 2.05) is 0 Å². The van der Waals surface area contributed by atoms with E-state index in [-0.39, 0.29) is 12.1 Å². The van der Waals surface area contributed by atoms with Gasteiger partial charge < -0.3 is 16.0 Å². The number of likely N-dealkylation sites (tertiary alicyclic amines) is 1. The zero-order chi connectivity index (χ0) is 14.7. The van der Waals surface area contributed by atoms with Gasteiger partial charge in [-0.2, -0.15) is 0 Å². The molecule has 1 aromatic carbocycles. The average Bonchev–Trinajstić information content (AvgIpc) is 2.37. The fraction of sp³-hybridized carbons (Fsp3) is 0.385. The fourth-order valence-electron chi connectivity index (χ4n) is 2.29. The number of urea groups is 1. The van der Waals surface area contributed by atoms with Gasteiger partial charge in [0.25, 0.3) is 0 Å². The smallest absolute Gasteiger partial charge is 0.322 e. The number of nitrogens with zero attached hydrogens (tertiary/aromatic N) is 1. The van der Waals surface area contributed by atoms with E-state index in [0.29, 0.717) is 27.3 Å². The van der Waals surface area contributed by atoms with Crippen LogP contribution in [0.1, 0.15) is 19.3 Å². The maximum absolute atomic E-state index is 12.3. The van der Waals surface area contributed by atoms with Crippen molar-refractivity contribution in [2.75, 3.05) is 11.9 Å². The molecule has 0 spiro atoms. The van der Waals surface area contributed by atoms with E-state index in [4.69, 9.17) is 41.2 Å². The molecule has 1 heterocycles. The lowest BCUT2D eigenvalue weighted by molar-refractivity contribution is 0.186. The van der Waals surface area contributed by atoms with Crippen molar-refractivity contribution in [3.8, 4) is 0 Å². The monoisotopic (exact) mass is 331 g/mol. The predicted octanol–water partition coefficient (Wildman–Crippen LogP) is 3.67. The van der Waals surface area contributed by atoms with Crippen LogP contribution < -0.4 is 11.1 Å². The number of piperidine rings is 1. The highest BCUT2D eigenvalue weighted by Gasteiger charge is 2.28. The van der Waals surface area contributed by atoms with Crippen LogP contribution in [0.4, 0.5) is 10.5 Å². The van der Waals surface area contributed by atoms with Gasteiger partial charge in [-0.1, -0.05) is 35.4 Å². The van der Waals surface area contributed by atoms with Crippen LogP contribution in [0.5, 0.6) is 0 Å². The van der Waals surface area contributed by atoms with E-state index in [9.17, 15) is 4.79 Å². The topological polar surface area (TPSA) is 58.4 Å². The molecule has 1 aromatic rings. The summed E-state index contributed by atoms with van der Waals surface area (Å²) < 4.78 is 0. The Morgan fingerprint density at radius 2 is 1.95 bits per heavy atom. The minimum atomic E-state index is -0.235. The quantitative estimate of drug-likeness (QED) is 0.813. The average molecular weight is 332 g/mol. The van der Waals surface area contributed by atoms with Gasteiger partial charge in [0.2, 0.25) is 0 Å². The number of rotatable bonds is 2. The summed E-state index contributed by atoms with van der Waals surface area (Å²) in [7, 11) is 0. The van der Waals surface area contributed by atoms with Gasteiger partial charge in [0.15, 0.2) is 0 Å². The van der Waals surface area contributed by atoms with Crippen LogP contribution in [0.3, 0.4) is 0 Å². The highest BCUT2D eigenvalue weighted by Crippen LogP contribution is 2.24. The van der Waals surface area contributed by atoms with Crippen LogP contribution in [0, 0.1) is 0 Å².